The van der Waals surface area contributed by atoms with Crippen LogP contribution < -0.4 is 5.32 Å². The lowest BCUT2D eigenvalue weighted by atomic mass is 10.1. The zero-order chi connectivity index (χ0) is 11.8. The molecular weight excluding hydrogens is 280 g/mol. The zero-order valence-electron chi connectivity index (χ0n) is 9.07. The molecule has 0 fully saturated rings. The number of nitrogens with one attached hydrogen (secondary N) is 1. The van der Waals surface area contributed by atoms with Gasteiger partial charge in [-0.25, -0.2) is 0 Å². The van der Waals surface area contributed by atoms with Crippen LogP contribution >= 0.6 is 15.9 Å². The van der Waals surface area contributed by atoms with Crippen LogP contribution in [0.1, 0.15) is 5.56 Å². The Morgan fingerprint density at radius 1 is 1.18 bits per heavy atom. The second kappa shape index (κ2) is 4.04. The van der Waals surface area contributed by atoms with E-state index >= 15 is 0 Å². The van der Waals surface area contributed by atoms with Gasteiger partial charge in [0.2, 0.25) is 0 Å². The fourth-order valence-corrected chi connectivity index (χ4v) is 2.40. The number of phenols is 1. The molecule has 1 heterocycles. The van der Waals surface area contributed by atoms with Crippen molar-refractivity contribution in [2.45, 2.75) is 0 Å². The highest BCUT2D eigenvalue weighted by Gasteiger charge is 2.13. The minimum absolute atomic E-state index is 0.271. The minimum Gasteiger partial charge on any atom is -0.507 e. The van der Waals surface area contributed by atoms with E-state index in [1.54, 1.807) is 6.07 Å². The predicted octanol–water partition coefficient (Wildman–Crippen LogP) is 2.66. The van der Waals surface area contributed by atoms with Gasteiger partial charge in [-0.05, 0) is 35.0 Å². The number of aromatic hydroxyl groups is 1. The maximum absolute atomic E-state index is 10.0. The molecule has 0 spiro atoms. The molecule has 0 unspecified atom stereocenters. The average Bonchev–Trinajstić information content (AvgIpc) is 2.82. The molecule has 3 rings (SSSR count). The van der Waals surface area contributed by atoms with Crippen molar-refractivity contribution in [1.82, 2.24) is 5.32 Å². The topological polar surface area (TPSA) is 44.6 Å². The molecule has 0 amide bonds. The molecule has 0 aromatic heterocycles. The molecule has 1 aliphatic heterocycles. The van der Waals surface area contributed by atoms with Gasteiger partial charge in [0.05, 0.1) is 12.1 Å². The quantitative estimate of drug-likeness (QED) is 0.848. The monoisotopic (exact) mass is 290 g/mol. The Kier molecular flexibility index (Phi) is 2.52. The zero-order valence-corrected chi connectivity index (χ0v) is 10.7. The molecule has 17 heavy (non-hydrogen) atoms. The number of amidine groups is 1. The van der Waals surface area contributed by atoms with Crippen molar-refractivity contribution in [2.75, 3.05) is 13.1 Å². The van der Waals surface area contributed by atoms with Crippen LogP contribution in [0.2, 0.25) is 0 Å². The summed E-state index contributed by atoms with van der Waals surface area (Å²) in [7, 11) is 0. The third kappa shape index (κ3) is 1.89. The first-order chi connectivity index (χ1) is 8.24. The van der Waals surface area contributed by atoms with Crippen LogP contribution in [0.5, 0.6) is 5.75 Å². The highest BCUT2D eigenvalue weighted by molar-refractivity contribution is 9.10. The summed E-state index contributed by atoms with van der Waals surface area (Å²) in [6, 6.07) is 9.72. The van der Waals surface area contributed by atoms with Crippen LogP contribution in [-0.4, -0.2) is 24.0 Å². The summed E-state index contributed by atoms with van der Waals surface area (Å²) in [4.78, 5) is 4.33. The fourth-order valence-electron chi connectivity index (χ4n) is 2.02. The molecule has 3 nitrogen and oxygen atoms in total. The third-order valence-electron chi connectivity index (χ3n) is 2.85. The van der Waals surface area contributed by atoms with Crippen molar-refractivity contribution in [3.05, 3.63) is 40.4 Å². The minimum atomic E-state index is 0.271. The van der Waals surface area contributed by atoms with Crippen molar-refractivity contribution >= 4 is 32.5 Å². The number of nitrogens with zero attached hydrogens (tertiary/aromatic N) is 1. The Balaban J connectivity index is 2.21. The molecule has 2 aromatic carbocycles. The molecule has 4 heteroatoms. The molecule has 86 valence electrons. The molecular formula is C13H11BrN2O. The highest BCUT2D eigenvalue weighted by Crippen LogP contribution is 2.27. The second-order valence-electron chi connectivity index (χ2n) is 4.02. The molecule has 2 aromatic rings. The van der Waals surface area contributed by atoms with Crippen LogP contribution in [-0.2, 0) is 0 Å². The van der Waals surface area contributed by atoms with E-state index in [2.05, 4.69) is 26.2 Å². The van der Waals surface area contributed by atoms with Crippen LogP contribution in [0.25, 0.3) is 10.8 Å². The normalized spacial score (nSPS) is 14.8. The molecule has 2 N–H and O–H groups in total. The number of hydrogen-bond donors (Lipinski definition) is 2. The van der Waals surface area contributed by atoms with Crippen molar-refractivity contribution in [3.63, 3.8) is 0 Å². The lowest BCUT2D eigenvalue weighted by Crippen LogP contribution is -2.19. The summed E-state index contributed by atoms with van der Waals surface area (Å²) in [5.74, 6) is 1.05. The number of hydrogen-bond acceptors (Lipinski definition) is 3. The standard InChI is InChI=1S/C13H11BrN2O/c14-10-2-1-8-7-12(17)11(6-9(8)5-10)13-15-3-4-16-13/h1-2,5-7,17H,3-4H2,(H,15,16). The largest absolute Gasteiger partial charge is 0.507 e. The Hall–Kier alpha value is -1.55. The Labute approximate surface area is 107 Å². The molecule has 0 bridgehead atoms. The average molecular weight is 291 g/mol. The van der Waals surface area contributed by atoms with E-state index in [1.165, 1.54) is 0 Å². The van der Waals surface area contributed by atoms with Gasteiger partial charge in [-0.15, -0.1) is 0 Å². The fraction of sp³-hybridized carbons (Fsp3) is 0.154. The molecule has 0 radical (unpaired) electrons. The van der Waals surface area contributed by atoms with Gasteiger partial charge in [0.15, 0.2) is 0 Å². The lowest BCUT2D eigenvalue weighted by molar-refractivity contribution is 0.475. The summed E-state index contributed by atoms with van der Waals surface area (Å²) >= 11 is 3.45. The number of rotatable bonds is 1. The van der Waals surface area contributed by atoms with Gasteiger partial charge in [0.1, 0.15) is 11.6 Å². The first-order valence-electron chi connectivity index (χ1n) is 5.45. The first kappa shape index (κ1) is 10.6. The van der Waals surface area contributed by atoms with E-state index in [-0.39, 0.29) is 5.75 Å². The van der Waals surface area contributed by atoms with Crippen LogP contribution in [0.4, 0.5) is 0 Å². The molecule has 0 atom stereocenters. The third-order valence-corrected chi connectivity index (χ3v) is 3.34. The Morgan fingerprint density at radius 3 is 2.82 bits per heavy atom. The summed E-state index contributed by atoms with van der Waals surface area (Å²) in [5.41, 5.74) is 0.771. The van der Waals surface area contributed by atoms with Crippen LogP contribution in [0.15, 0.2) is 39.8 Å². The SMILES string of the molecule is Oc1cc2ccc(Br)cc2cc1C1=NCCN1. The molecule has 0 saturated heterocycles. The predicted molar refractivity (Wildman–Crippen MR) is 72.7 cm³/mol. The second-order valence-corrected chi connectivity index (χ2v) is 4.93. The van der Waals surface area contributed by atoms with Crippen molar-refractivity contribution in [2.24, 2.45) is 4.99 Å². The Morgan fingerprint density at radius 2 is 2.06 bits per heavy atom. The summed E-state index contributed by atoms with van der Waals surface area (Å²) < 4.78 is 1.03. The van der Waals surface area contributed by atoms with Gasteiger partial charge < -0.3 is 10.4 Å². The van der Waals surface area contributed by atoms with Gasteiger partial charge in [0.25, 0.3) is 0 Å². The number of phenolic OH excluding ortho intramolecular Hbond substituents is 1. The summed E-state index contributed by atoms with van der Waals surface area (Å²) in [6.45, 7) is 1.61. The summed E-state index contributed by atoms with van der Waals surface area (Å²) in [5, 5.41) is 15.3. The van der Waals surface area contributed by atoms with E-state index in [0.29, 0.717) is 0 Å². The van der Waals surface area contributed by atoms with E-state index in [9.17, 15) is 5.11 Å². The lowest BCUT2D eigenvalue weighted by Gasteiger charge is -2.08. The molecule has 1 aliphatic rings. The molecule has 0 aliphatic carbocycles. The van der Waals surface area contributed by atoms with Crippen molar-refractivity contribution in [1.29, 1.82) is 0 Å². The smallest absolute Gasteiger partial charge is 0.132 e. The van der Waals surface area contributed by atoms with E-state index in [0.717, 1.165) is 39.7 Å². The maximum Gasteiger partial charge on any atom is 0.132 e. The van der Waals surface area contributed by atoms with Gasteiger partial charge in [-0.3, -0.25) is 4.99 Å². The number of benzene rings is 2. The van der Waals surface area contributed by atoms with Gasteiger partial charge >= 0.3 is 0 Å². The molecule has 0 saturated carbocycles. The van der Waals surface area contributed by atoms with Gasteiger partial charge in [-0.1, -0.05) is 22.0 Å². The maximum atomic E-state index is 10.0. The van der Waals surface area contributed by atoms with Crippen LogP contribution in [0.3, 0.4) is 0 Å². The van der Waals surface area contributed by atoms with Crippen molar-refractivity contribution < 1.29 is 5.11 Å². The number of aliphatic imine (C=N–C) groups is 1. The van der Waals surface area contributed by atoms with Crippen LogP contribution in [0, 0.1) is 0 Å². The van der Waals surface area contributed by atoms with Gasteiger partial charge in [-0.2, -0.15) is 0 Å². The number of fused-ring (bicyclic) bond motifs is 1. The first-order valence-corrected chi connectivity index (χ1v) is 6.24. The number of halogens is 1. The summed E-state index contributed by atoms with van der Waals surface area (Å²) in [6.07, 6.45) is 0. The van der Waals surface area contributed by atoms with Crippen molar-refractivity contribution in [3.8, 4) is 5.75 Å². The Bertz CT molecular complexity index is 622. The van der Waals surface area contributed by atoms with Gasteiger partial charge in [0, 0.05) is 11.0 Å². The van der Waals surface area contributed by atoms with E-state index in [4.69, 9.17) is 0 Å². The van der Waals surface area contributed by atoms with E-state index < -0.39 is 0 Å². The highest BCUT2D eigenvalue weighted by atomic mass is 79.9. The van der Waals surface area contributed by atoms with E-state index in [1.807, 2.05) is 24.3 Å².